The predicted octanol–water partition coefficient (Wildman–Crippen LogP) is 3.67. The van der Waals surface area contributed by atoms with Crippen LogP contribution in [0.2, 0.25) is 5.02 Å². The van der Waals surface area contributed by atoms with Crippen LogP contribution in [0.25, 0.3) is 28.1 Å². The Kier molecular flexibility index (Phi) is 9.10. The molecule has 0 spiro atoms. The number of tetrazole rings is 1. The minimum atomic E-state index is -1.37. The molecule has 6 rings (SSSR count). The molecule has 47 heavy (non-hydrogen) atoms. The van der Waals surface area contributed by atoms with Gasteiger partial charge in [0.05, 0.1) is 43.4 Å². The number of carboxylic acids is 1. The first kappa shape index (κ1) is 31.6. The predicted molar refractivity (Wildman–Crippen MR) is 169 cm³/mol. The highest BCUT2D eigenvalue weighted by atomic mass is 35.5. The number of hydrogen-bond donors (Lipinski definition) is 3. The van der Waals surface area contributed by atoms with Crippen LogP contribution in [-0.4, -0.2) is 90.0 Å². The summed E-state index contributed by atoms with van der Waals surface area (Å²) in [5, 5.41) is 31.2. The first-order chi connectivity index (χ1) is 22.7. The monoisotopic (exact) mass is 660 g/mol. The summed E-state index contributed by atoms with van der Waals surface area (Å²) in [6.45, 7) is -0.228. The number of nitrogens with one attached hydrogen (secondary N) is 1. The number of fused-ring (bicyclic) bond motifs is 1. The van der Waals surface area contributed by atoms with Crippen molar-refractivity contribution < 1.29 is 29.3 Å². The van der Waals surface area contributed by atoms with Crippen LogP contribution < -0.4 is 10.5 Å². The smallest absolute Gasteiger partial charge is 0.411 e. The van der Waals surface area contributed by atoms with Crippen LogP contribution in [0, 0.1) is 0 Å². The topological polar surface area (TPSA) is 191 Å². The molecular formula is C31H29ClN8O7. The molecule has 1 amide bonds. The lowest BCUT2D eigenvalue weighted by Gasteiger charge is -2.23. The van der Waals surface area contributed by atoms with Crippen molar-refractivity contribution in [3.05, 3.63) is 94.0 Å². The van der Waals surface area contributed by atoms with Crippen molar-refractivity contribution in [3.8, 4) is 28.1 Å². The summed E-state index contributed by atoms with van der Waals surface area (Å²) in [4.78, 5) is 46.0. The summed E-state index contributed by atoms with van der Waals surface area (Å²) in [5.41, 5.74) is 4.43. The number of methoxy groups -OCH3 is 1. The number of aliphatic carboxylic acids is 1. The van der Waals surface area contributed by atoms with Gasteiger partial charge in [-0.1, -0.05) is 23.7 Å². The Labute approximate surface area is 272 Å². The van der Waals surface area contributed by atoms with Crippen molar-refractivity contribution in [3.63, 3.8) is 0 Å². The van der Waals surface area contributed by atoms with Crippen molar-refractivity contribution in [2.75, 3.05) is 31.8 Å². The number of H-pyrrole nitrogens is 1. The number of anilines is 1. The fourth-order valence-electron chi connectivity index (χ4n) is 5.63. The maximum absolute atomic E-state index is 13.5. The van der Waals surface area contributed by atoms with Gasteiger partial charge in [0, 0.05) is 35.1 Å². The van der Waals surface area contributed by atoms with Gasteiger partial charge < -0.3 is 29.2 Å². The molecule has 5 aromatic rings. The molecule has 2 aromatic carbocycles. The van der Waals surface area contributed by atoms with E-state index in [0.717, 1.165) is 21.7 Å². The van der Waals surface area contributed by atoms with Gasteiger partial charge in [0.2, 0.25) is 0 Å². The largest absolute Gasteiger partial charge is 0.479 e. The number of imidazole rings is 1. The number of aromatic amines is 1. The van der Waals surface area contributed by atoms with E-state index >= 15 is 0 Å². The molecule has 0 saturated heterocycles. The average Bonchev–Trinajstić information content (AvgIpc) is 3.84. The molecule has 2 atom stereocenters. The van der Waals surface area contributed by atoms with Gasteiger partial charge in [-0.15, -0.1) is 5.10 Å². The van der Waals surface area contributed by atoms with E-state index in [2.05, 4.69) is 25.5 Å². The molecule has 3 N–H and O–H groups in total. The zero-order chi connectivity index (χ0) is 33.1. The standard InChI is InChI=1S/C31H29ClN8O7/c1-46-10-11-47-27(30(42)43)16-38(31(44)45)21-5-2-18(3-6-21)24-15-33-29(35-24)26-9-7-22-12-19(13-28(41)40(22)26)23-14-20(32)4-8-25(23)39-17-34-36-37-39/h2-6,8,12-15,17,26-27H,7,9-11,16H2,1H3,(H,33,35)(H,42,43)(H,44,45)/t26-,27?/m0/s1. The summed E-state index contributed by atoms with van der Waals surface area (Å²) in [7, 11) is 1.45. The van der Waals surface area contributed by atoms with E-state index in [1.54, 1.807) is 59.3 Å². The Bertz CT molecular complexity index is 1960. The van der Waals surface area contributed by atoms with Gasteiger partial charge in [0.1, 0.15) is 12.2 Å². The lowest BCUT2D eigenvalue weighted by molar-refractivity contribution is -0.150. The zero-order valence-corrected chi connectivity index (χ0v) is 25.7. The minimum absolute atomic E-state index is 0.00548. The number of amides is 1. The van der Waals surface area contributed by atoms with E-state index in [1.165, 1.54) is 18.1 Å². The van der Waals surface area contributed by atoms with Crippen LogP contribution in [-0.2, 0) is 20.7 Å². The summed E-state index contributed by atoms with van der Waals surface area (Å²) in [6.07, 6.45) is 1.75. The second kappa shape index (κ2) is 13.5. The molecule has 3 aromatic heterocycles. The van der Waals surface area contributed by atoms with Crippen LogP contribution in [0.15, 0.2) is 71.9 Å². The van der Waals surface area contributed by atoms with Gasteiger partial charge >= 0.3 is 12.1 Å². The van der Waals surface area contributed by atoms with E-state index in [0.29, 0.717) is 40.6 Å². The van der Waals surface area contributed by atoms with Gasteiger partial charge in [0.15, 0.2) is 6.10 Å². The van der Waals surface area contributed by atoms with Crippen LogP contribution in [0.1, 0.15) is 24.0 Å². The average molecular weight is 661 g/mol. The molecule has 242 valence electrons. The highest BCUT2D eigenvalue weighted by molar-refractivity contribution is 6.31. The van der Waals surface area contributed by atoms with Gasteiger partial charge in [-0.2, -0.15) is 4.68 Å². The van der Waals surface area contributed by atoms with E-state index in [9.17, 15) is 24.6 Å². The van der Waals surface area contributed by atoms with Crippen LogP contribution in [0.5, 0.6) is 0 Å². The third-order valence-corrected chi connectivity index (χ3v) is 8.10. The number of hydrogen-bond acceptors (Lipinski definition) is 9. The molecule has 15 nitrogen and oxygen atoms in total. The minimum Gasteiger partial charge on any atom is -0.479 e. The summed E-state index contributed by atoms with van der Waals surface area (Å²) < 4.78 is 13.4. The second-order valence-electron chi connectivity index (χ2n) is 10.7. The van der Waals surface area contributed by atoms with Gasteiger partial charge in [-0.05, 0) is 70.8 Å². The molecule has 1 unspecified atom stereocenters. The molecule has 0 saturated carbocycles. The highest BCUT2D eigenvalue weighted by Crippen LogP contribution is 2.34. The summed E-state index contributed by atoms with van der Waals surface area (Å²) in [6, 6.07) is 15.1. The number of aryl methyl sites for hydroxylation is 1. The number of carboxylic acid groups (broad SMARTS) is 2. The van der Waals surface area contributed by atoms with E-state index in [-0.39, 0.29) is 30.5 Å². The Hall–Kier alpha value is -5.38. The number of nitrogens with zero attached hydrogens (tertiary/aromatic N) is 7. The fourth-order valence-corrected chi connectivity index (χ4v) is 5.80. The van der Waals surface area contributed by atoms with Crippen molar-refractivity contribution >= 4 is 29.4 Å². The van der Waals surface area contributed by atoms with Crippen molar-refractivity contribution in [2.24, 2.45) is 0 Å². The van der Waals surface area contributed by atoms with Gasteiger partial charge in [-0.25, -0.2) is 14.6 Å². The van der Waals surface area contributed by atoms with Crippen molar-refractivity contribution in [1.82, 2.24) is 34.7 Å². The number of benzene rings is 2. The van der Waals surface area contributed by atoms with E-state index in [4.69, 9.17) is 21.1 Å². The Morgan fingerprint density at radius 1 is 1.11 bits per heavy atom. The Morgan fingerprint density at radius 2 is 1.91 bits per heavy atom. The molecule has 4 heterocycles. The van der Waals surface area contributed by atoms with Crippen LogP contribution in [0.3, 0.4) is 0 Å². The maximum Gasteiger partial charge on any atom is 0.411 e. The molecule has 1 aliphatic rings. The zero-order valence-electron chi connectivity index (χ0n) is 25.0. The van der Waals surface area contributed by atoms with Gasteiger partial charge in [0.25, 0.3) is 5.56 Å². The number of pyridine rings is 1. The highest BCUT2D eigenvalue weighted by Gasteiger charge is 2.29. The molecule has 0 fully saturated rings. The first-order valence-electron chi connectivity index (χ1n) is 14.5. The first-order valence-corrected chi connectivity index (χ1v) is 14.9. The Morgan fingerprint density at radius 3 is 2.62 bits per heavy atom. The van der Waals surface area contributed by atoms with Crippen LogP contribution >= 0.6 is 11.6 Å². The van der Waals surface area contributed by atoms with Gasteiger partial charge in [-0.3, -0.25) is 9.69 Å². The molecule has 0 radical (unpaired) electrons. The molecule has 0 bridgehead atoms. The number of halogens is 1. The normalized spacial score (nSPS) is 14.6. The van der Waals surface area contributed by atoms with E-state index in [1.807, 2.05) is 6.07 Å². The number of carbonyl (C=O) groups is 2. The number of ether oxygens (including phenoxy) is 2. The summed E-state index contributed by atoms with van der Waals surface area (Å²) >= 11 is 6.32. The second-order valence-corrected chi connectivity index (χ2v) is 11.2. The lowest BCUT2D eigenvalue weighted by atomic mass is 10.0. The quantitative estimate of drug-likeness (QED) is 0.165. The molecule has 0 aliphatic carbocycles. The van der Waals surface area contributed by atoms with E-state index < -0.39 is 24.7 Å². The molecular weight excluding hydrogens is 632 g/mol. The van der Waals surface area contributed by atoms with Crippen molar-refractivity contribution in [1.29, 1.82) is 0 Å². The number of rotatable bonds is 12. The SMILES string of the molecule is COCCOC(CN(C(=O)O)c1ccc(-c2cnc([C@@H]3CCc4cc(-c5cc(Cl)ccc5-n5cnnn5)cc(=O)n43)[nH]2)cc1)C(=O)O. The lowest BCUT2D eigenvalue weighted by Crippen LogP contribution is -2.42. The maximum atomic E-state index is 13.5. The molecule has 16 heteroatoms. The third kappa shape index (κ3) is 6.63. The Balaban J connectivity index is 1.22. The summed E-state index contributed by atoms with van der Waals surface area (Å²) in [5.74, 6) is -0.671. The van der Waals surface area contributed by atoms with Crippen molar-refractivity contribution in [2.45, 2.75) is 25.0 Å². The molecule has 1 aliphatic heterocycles. The fraction of sp³-hybridized carbons (Fsp3) is 0.258. The third-order valence-electron chi connectivity index (χ3n) is 7.86. The van der Waals surface area contributed by atoms with Crippen LogP contribution in [0.4, 0.5) is 10.5 Å². The number of aromatic nitrogens is 7.